The smallest absolute Gasteiger partial charge is 0.325 e. The SMILES string of the molecule is CC(C)Oc1ccc([C@@H](C(=O)O)N2CCC(O)(c3ccccc3)CC2)cc1. The van der Waals surface area contributed by atoms with Gasteiger partial charge in [-0.15, -0.1) is 0 Å². The number of ether oxygens (including phenoxy) is 1. The minimum atomic E-state index is -0.893. The lowest BCUT2D eigenvalue weighted by Crippen LogP contribution is -2.45. The Labute approximate surface area is 160 Å². The van der Waals surface area contributed by atoms with Gasteiger partial charge in [-0.25, -0.2) is 0 Å². The third-order valence-electron chi connectivity index (χ3n) is 5.10. The summed E-state index contributed by atoms with van der Waals surface area (Å²) in [7, 11) is 0. The molecule has 0 aliphatic carbocycles. The number of benzene rings is 2. The van der Waals surface area contributed by atoms with Crippen molar-refractivity contribution >= 4 is 5.97 Å². The number of aliphatic hydroxyl groups is 1. The predicted octanol–water partition coefficient (Wildman–Crippen LogP) is 3.58. The lowest BCUT2D eigenvalue weighted by Gasteiger charge is -2.40. The van der Waals surface area contributed by atoms with Crippen molar-refractivity contribution in [2.24, 2.45) is 0 Å². The number of piperidine rings is 1. The number of likely N-dealkylation sites (tertiary alicyclic amines) is 1. The summed E-state index contributed by atoms with van der Waals surface area (Å²) < 4.78 is 5.64. The second-order valence-corrected chi connectivity index (χ2v) is 7.41. The van der Waals surface area contributed by atoms with Gasteiger partial charge in [-0.2, -0.15) is 0 Å². The Morgan fingerprint density at radius 3 is 2.15 bits per heavy atom. The summed E-state index contributed by atoms with van der Waals surface area (Å²) >= 11 is 0. The van der Waals surface area contributed by atoms with Crippen molar-refractivity contribution in [3.05, 3.63) is 65.7 Å². The molecule has 1 fully saturated rings. The van der Waals surface area contributed by atoms with Gasteiger partial charge in [0.05, 0.1) is 11.7 Å². The van der Waals surface area contributed by atoms with Crippen LogP contribution < -0.4 is 4.74 Å². The molecule has 5 nitrogen and oxygen atoms in total. The third-order valence-corrected chi connectivity index (χ3v) is 5.10. The van der Waals surface area contributed by atoms with Crippen LogP contribution in [0.3, 0.4) is 0 Å². The van der Waals surface area contributed by atoms with Crippen LogP contribution in [0, 0.1) is 0 Å². The lowest BCUT2D eigenvalue weighted by atomic mass is 9.83. The van der Waals surface area contributed by atoms with E-state index in [0.717, 1.165) is 16.9 Å². The molecule has 0 bridgehead atoms. The van der Waals surface area contributed by atoms with Crippen LogP contribution >= 0.6 is 0 Å². The zero-order chi connectivity index (χ0) is 19.4. The van der Waals surface area contributed by atoms with E-state index in [-0.39, 0.29) is 6.10 Å². The van der Waals surface area contributed by atoms with Crippen LogP contribution in [-0.4, -0.2) is 40.3 Å². The molecule has 1 atom stereocenters. The third kappa shape index (κ3) is 4.49. The molecule has 144 valence electrons. The zero-order valence-electron chi connectivity index (χ0n) is 15.8. The van der Waals surface area contributed by atoms with E-state index in [1.54, 1.807) is 0 Å². The first kappa shape index (κ1) is 19.4. The van der Waals surface area contributed by atoms with E-state index in [2.05, 4.69) is 0 Å². The first-order valence-electron chi connectivity index (χ1n) is 9.40. The maximum atomic E-state index is 12.0. The molecule has 27 heavy (non-hydrogen) atoms. The van der Waals surface area contributed by atoms with Gasteiger partial charge in [-0.1, -0.05) is 42.5 Å². The second kappa shape index (κ2) is 8.11. The number of nitrogens with zero attached hydrogens (tertiary/aromatic N) is 1. The first-order chi connectivity index (χ1) is 12.9. The van der Waals surface area contributed by atoms with Gasteiger partial charge in [0.2, 0.25) is 0 Å². The molecule has 0 saturated carbocycles. The van der Waals surface area contributed by atoms with Crippen LogP contribution in [0.4, 0.5) is 0 Å². The van der Waals surface area contributed by atoms with E-state index in [4.69, 9.17) is 4.74 Å². The molecule has 2 aromatic rings. The Balaban J connectivity index is 1.73. The largest absolute Gasteiger partial charge is 0.491 e. The number of aliphatic carboxylic acids is 1. The summed E-state index contributed by atoms with van der Waals surface area (Å²) in [5.41, 5.74) is 0.728. The van der Waals surface area contributed by atoms with Gasteiger partial charge in [0.25, 0.3) is 0 Å². The van der Waals surface area contributed by atoms with Gasteiger partial charge in [0, 0.05) is 13.1 Å². The van der Waals surface area contributed by atoms with Gasteiger partial charge in [0.15, 0.2) is 0 Å². The van der Waals surface area contributed by atoms with E-state index in [1.165, 1.54) is 0 Å². The molecule has 0 spiro atoms. The topological polar surface area (TPSA) is 70.0 Å². The van der Waals surface area contributed by atoms with Crippen molar-refractivity contribution in [3.8, 4) is 5.75 Å². The van der Waals surface area contributed by atoms with Gasteiger partial charge in [-0.3, -0.25) is 9.69 Å². The highest BCUT2D eigenvalue weighted by Crippen LogP contribution is 2.36. The standard InChI is InChI=1S/C22H27NO4/c1-16(2)27-19-10-8-17(9-11-19)20(21(24)25)23-14-12-22(26,13-15-23)18-6-4-3-5-7-18/h3-11,16,20,26H,12-15H2,1-2H3,(H,24,25)/t20-/m0/s1. The molecule has 0 amide bonds. The molecule has 2 N–H and O–H groups in total. The fourth-order valence-electron chi connectivity index (χ4n) is 3.70. The van der Waals surface area contributed by atoms with Crippen LogP contribution in [-0.2, 0) is 10.4 Å². The van der Waals surface area contributed by atoms with Crippen molar-refractivity contribution in [2.45, 2.75) is 44.4 Å². The maximum Gasteiger partial charge on any atom is 0.325 e. The Morgan fingerprint density at radius 2 is 1.63 bits per heavy atom. The molecule has 0 unspecified atom stereocenters. The molecule has 0 aromatic heterocycles. The van der Waals surface area contributed by atoms with Gasteiger partial charge in [0.1, 0.15) is 11.8 Å². The molecule has 1 heterocycles. The number of hydrogen-bond donors (Lipinski definition) is 2. The summed E-state index contributed by atoms with van der Waals surface area (Å²) in [4.78, 5) is 13.9. The number of carboxylic acid groups (broad SMARTS) is 1. The Kier molecular flexibility index (Phi) is 5.82. The molecule has 3 rings (SSSR count). The van der Waals surface area contributed by atoms with Crippen LogP contribution in [0.5, 0.6) is 5.75 Å². The molecular formula is C22H27NO4. The summed E-state index contributed by atoms with van der Waals surface area (Å²) in [6.07, 6.45) is 1.09. The van der Waals surface area contributed by atoms with Crippen LogP contribution in [0.15, 0.2) is 54.6 Å². The van der Waals surface area contributed by atoms with E-state index in [9.17, 15) is 15.0 Å². The molecule has 1 aliphatic rings. The number of carboxylic acids is 1. The van der Waals surface area contributed by atoms with E-state index >= 15 is 0 Å². The van der Waals surface area contributed by atoms with E-state index in [0.29, 0.717) is 25.9 Å². The number of hydrogen-bond acceptors (Lipinski definition) is 4. The summed E-state index contributed by atoms with van der Waals surface area (Å²) in [6, 6.07) is 16.2. The quantitative estimate of drug-likeness (QED) is 0.814. The van der Waals surface area contributed by atoms with Crippen molar-refractivity contribution in [1.82, 2.24) is 4.90 Å². The predicted molar refractivity (Wildman–Crippen MR) is 104 cm³/mol. The van der Waals surface area contributed by atoms with E-state index in [1.807, 2.05) is 73.3 Å². The molecule has 0 radical (unpaired) electrons. The summed E-state index contributed by atoms with van der Waals surface area (Å²) in [6.45, 7) is 4.95. The summed E-state index contributed by atoms with van der Waals surface area (Å²) in [5.74, 6) is -0.146. The van der Waals surface area contributed by atoms with Crippen LogP contribution in [0.1, 0.15) is 43.9 Å². The minimum absolute atomic E-state index is 0.0730. The highest BCUT2D eigenvalue weighted by Gasteiger charge is 2.38. The normalized spacial score (nSPS) is 18.2. The van der Waals surface area contributed by atoms with Gasteiger partial charge in [-0.05, 0) is 49.9 Å². The first-order valence-corrected chi connectivity index (χ1v) is 9.40. The monoisotopic (exact) mass is 369 g/mol. The van der Waals surface area contributed by atoms with Crippen molar-refractivity contribution < 1.29 is 19.7 Å². The molecule has 1 saturated heterocycles. The second-order valence-electron chi connectivity index (χ2n) is 7.41. The molecule has 5 heteroatoms. The highest BCUT2D eigenvalue weighted by atomic mass is 16.5. The highest BCUT2D eigenvalue weighted by molar-refractivity contribution is 5.75. The maximum absolute atomic E-state index is 12.0. The average Bonchev–Trinajstić information content (AvgIpc) is 2.65. The minimum Gasteiger partial charge on any atom is -0.491 e. The zero-order valence-corrected chi connectivity index (χ0v) is 15.8. The van der Waals surface area contributed by atoms with E-state index < -0.39 is 17.6 Å². The Bertz CT molecular complexity index is 750. The van der Waals surface area contributed by atoms with Gasteiger partial charge < -0.3 is 14.9 Å². The van der Waals surface area contributed by atoms with Crippen molar-refractivity contribution in [3.63, 3.8) is 0 Å². The Hall–Kier alpha value is -2.37. The average molecular weight is 369 g/mol. The fourth-order valence-corrected chi connectivity index (χ4v) is 3.70. The van der Waals surface area contributed by atoms with Gasteiger partial charge >= 0.3 is 5.97 Å². The Morgan fingerprint density at radius 1 is 1.04 bits per heavy atom. The molecular weight excluding hydrogens is 342 g/mol. The van der Waals surface area contributed by atoms with Crippen LogP contribution in [0.25, 0.3) is 0 Å². The van der Waals surface area contributed by atoms with Crippen molar-refractivity contribution in [1.29, 1.82) is 0 Å². The lowest BCUT2D eigenvalue weighted by molar-refractivity contribution is -0.146. The number of carbonyl (C=O) groups is 1. The fraction of sp³-hybridized carbons (Fsp3) is 0.409. The summed E-state index contributed by atoms with van der Waals surface area (Å²) in [5, 5.41) is 20.8. The number of rotatable bonds is 6. The molecule has 2 aromatic carbocycles. The van der Waals surface area contributed by atoms with Crippen molar-refractivity contribution in [2.75, 3.05) is 13.1 Å². The van der Waals surface area contributed by atoms with Crippen LogP contribution in [0.2, 0.25) is 0 Å². The molecule has 1 aliphatic heterocycles.